The summed E-state index contributed by atoms with van der Waals surface area (Å²) >= 11 is 0. The molecule has 0 amide bonds. The van der Waals surface area contributed by atoms with Crippen LogP contribution in [0.2, 0.25) is 0 Å². The Morgan fingerprint density at radius 1 is 0.818 bits per heavy atom. The Hall–Kier alpha value is -1.78. The molecule has 1 aliphatic heterocycles. The van der Waals surface area contributed by atoms with Crippen molar-refractivity contribution in [3.63, 3.8) is 0 Å². The quantitative estimate of drug-likeness (QED) is 0.864. The molecule has 1 fully saturated rings. The third-order valence-electron chi connectivity index (χ3n) is 4.62. The predicted octanol–water partition coefficient (Wildman–Crippen LogP) is 3.36. The summed E-state index contributed by atoms with van der Waals surface area (Å²) in [5.41, 5.74) is 2.38. The van der Waals surface area contributed by atoms with Crippen molar-refractivity contribution in [2.75, 3.05) is 0 Å². The highest BCUT2D eigenvalue weighted by atomic mass is 16.7. The van der Waals surface area contributed by atoms with Gasteiger partial charge in [0.25, 0.3) is 0 Å². The maximum Gasteiger partial charge on any atom is 0.494 e. The molecule has 1 N–H and O–H groups in total. The zero-order valence-corrected chi connectivity index (χ0v) is 13.5. The lowest BCUT2D eigenvalue weighted by Crippen LogP contribution is -2.41. The summed E-state index contributed by atoms with van der Waals surface area (Å²) in [6, 6.07) is 15.3. The molecule has 0 spiro atoms. The summed E-state index contributed by atoms with van der Waals surface area (Å²) in [5, 5.41) is 9.58. The van der Waals surface area contributed by atoms with Crippen LogP contribution in [0.4, 0.5) is 0 Å². The van der Waals surface area contributed by atoms with Crippen molar-refractivity contribution < 1.29 is 14.4 Å². The van der Waals surface area contributed by atoms with Crippen LogP contribution in [0.15, 0.2) is 48.5 Å². The van der Waals surface area contributed by atoms with Crippen molar-refractivity contribution in [2.45, 2.75) is 38.9 Å². The van der Waals surface area contributed by atoms with Crippen LogP contribution >= 0.6 is 0 Å². The fourth-order valence-electron chi connectivity index (χ4n) is 2.50. The van der Waals surface area contributed by atoms with Crippen molar-refractivity contribution >= 4 is 12.6 Å². The van der Waals surface area contributed by atoms with Gasteiger partial charge in [-0.3, -0.25) is 0 Å². The molecule has 1 heterocycles. The Morgan fingerprint density at radius 2 is 1.41 bits per heavy atom. The third-order valence-corrected chi connectivity index (χ3v) is 4.62. The van der Waals surface area contributed by atoms with Gasteiger partial charge in [-0.05, 0) is 56.4 Å². The minimum atomic E-state index is -0.344. The maximum absolute atomic E-state index is 9.58. The van der Waals surface area contributed by atoms with Crippen LogP contribution < -0.4 is 5.46 Å². The smallest absolute Gasteiger partial charge is 0.494 e. The summed E-state index contributed by atoms with van der Waals surface area (Å²) in [6.45, 7) is 8.20. The molecule has 0 atom stereocenters. The van der Waals surface area contributed by atoms with E-state index in [1.54, 1.807) is 12.1 Å². The second-order valence-corrected chi connectivity index (χ2v) is 6.76. The molecule has 2 aromatic carbocycles. The zero-order valence-electron chi connectivity index (χ0n) is 13.5. The van der Waals surface area contributed by atoms with Gasteiger partial charge in [-0.1, -0.05) is 36.4 Å². The predicted molar refractivity (Wildman–Crippen MR) is 89.3 cm³/mol. The molecule has 0 radical (unpaired) electrons. The molecule has 2 aromatic rings. The maximum atomic E-state index is 9.58. The number of rotatable bonds is 2. The van der Waals surface area contributed by atoms with Gasteiger partial charge in [0.1, 0.15) is 5.75 Å². The number of hydrogen-bond donors (Lipinski definition) is 1. The van der Waals surface area contributed by atoms with Gasteiger partial charge in [0, 0.05) is 0 Å². The van der Waals surface area contributed by atoms with E-state index < -0.39 is 0 Å². The number of aromatic hydroxyl groups is 1. The molecule has 0 saturated carbocycles. The second kappa shape index (κ2) is 5.15. The molecule has 22 heavy (non-hydrogen) atoms. The Balaban J connectivity index is 1.84. The average Bonchev–Trinajstić information content (AvgIpc) is 2.68. The van der Waals surface area contributed by atoms with Gasteiger partial charge in [-0.15, -0.1) is 0 Å². The van der Waals surface area contributed by atoms with Gasteiger partial charge in [0.2, 0.25) is 0 Å². The molecule has 0 unspecified atom stereocenters. The lowest BCUT2D eigenvalue weighted by Gasteiger charge is -2.32. The first-order valence-electron chi connectivity index (χ1n) is 7.53. The van der Waals surface area contributed by atoms with E-state index in [9.17, 15) is 5.11 Å². The third kappa shape index (κ3) is 2.64. The first kappa shape index (κ1) is 15.1. The fourth-order valence-corrected chi connectivity index (χ4v) is 2.50. The summed E-state index contributed by atoms with van der Waals surface area (Å²) in [7, 11) is -0.344. The highest BCUT2D eigenvalue weighted by Crippen LogP contribution is 2.36. The molecule has 0 aromatic heterocycles. The molecular weight excluding hydrogens is 275 g/mol. The van der Waals surface area contributed by atoms with Crippen LogP contribution in [0.3, 0.4) is 0 Å². The summed E-state index contributed by atoms with van der Waals surface area (Å²) in [5.74, 6) is 0.271. The number of hydrogen-bond acceptors (Lipinski definition) is 3. The van der Waals surface area contributed by atoms with Gasteiger partial charge < -0.3 is 14.4 Å². The topological polar surface area (TPSA) is 38.7 Å². The highest BCUT2D eigenvalue weighted by Gasteiger charge is 2.51. The van der Waals surface area contributed by atoms with Crippen molar-refractivity contribution in [1.29, 1.82) is 0 Å². The van der Waals surface area contributed by atoms with Crippen LogP contribution in [0.5, 0.6) is 5.75 Å². The molecule has 0 aliphatic carbocycles. The second-order valence-electron chi connectivity index (χ2n) is 6.76. The van der Waals surface area contributed by atoms with E-state index in [0.29, 0.717) is 0 Å². The first-order valence-corrected chi connectivity index (χ1v) is 7.53. The van der Waals surface area contributed by atoms with Gasteiger partial charge >= 0.3 is 7.12 Å². The molecular formula is C18H21BO3. The van der Waals surface area contributed by atoms with Crippen molar-refractivity contribution in [3.8, 4) is 16.9 Å². The van der Waals surface area contributed by atoms with Crippen LogP contribution in [0.1, 0.15) is 27.7 Å². The van der Waals surface area contributed by atoms with E-state index in [1.807, 2.05) is 64.1 Å². The Kier molecular flexibility index (Phi) is 3.54. The summed E-state index contributed by atoms with van der Waals surface area (Å²) < 4.78 is 12.1. The van der Waals surface area contributed by atoms with Gasteiger partial charge in [-0.25, -0.2) is 0 Å². The minimum Gasteiger partial charge on any atom is -0.508 e. The molecule has 3 nitrogen and oxygen atoms in total. The Bertz CT molecular complexity index is 661. The summed E-state index contributed by atoms with van der Waals surface area (Å²) in [4.78, 5) is 0. The largest absolute Gasteiger partial charge is 0.508 e. The van der Waals surface area contributed by atoms with Crippen molar-refractivity contribution in [1.82, 2.24) is 0 Å². The van der Waals surface area contributed by atoms with Crippen LogP contribution in [-0.4, -0.2) is 23.4 Å². The van der Waals surface area contributed by atoms with E-state index in [4.69, 9.17) is 9.31 Å². The number of phenols is 1. The van der Waals surface area contributed by atoms with Crippen LogP contribution in [0.25, 0.3) is 11.1 Å². The van der Waals surface area contributed by atoms with Crippen LogP contribution in [-0.2, 0) is 9.31 Å². The van der Waals surface area contributed by atoms with Crippen LogP contribution in [0, 0.1) is 0 Å². The molecule has 114 valence electrons. The van der Waals surface area contributed by atoms with Crippen molar-refractivity contribution in [2.24, 2.45) is 0 Å². The van der Waals surface area contributed by atoms with Crippen molar-refractivity contribution in [3.05, 3.63) is 48.5 Å². The van der Waals surface area contributed by atoms with E-state index >= 15 is 0 Å². The lowest BCUT2D eigenvalue weighted by molar-refractivity contribution is 0.00578. The minimum absolute atomic E-state index is 0.271. The van der Waals surface area contributed by atoms with E-state index in [1.165, 1.54) is 0 Å². The van der Waals surface area contributed by atoms with Gasteiger partial charge in [-0.2, -0.15) is 0 Å². The summed E-state index contributed by atoms with van der Waals surface area (Å²) in [6.07, 6.45) is 0. The normalized spacial score (nSPS) is 19.4. The van der Waals surface area contributed by atoms with E-state index in [2.05, 4.69) is 0 Å². The molecule has 0 bridgehead atoms. The van der Waals surface area contributed by atoms with E-state index in [-0.39, 0.29) is 24.1 Å². The molecule has 4 heteroatoms. The zero-order chi connectivity index (χ0) is 16.0. The first-order chi connectivity index (χ1) is 10.3. The Labute approximate surface area is 132 Å². The molecule has 1 saturated heterocycles. The molecule has 1 aliphatic rings. The van der Waals surface area contributed by atoms with Gasteiger partial charge in [0.05, 0.1) is 11.2 Å². The standard InChI is InChI=1S/C18H21BO3/c1-17(2)18(3,4)22-19(21-17)15-10-8-13(9-11-15)14-6-5-7-16(20)12-14/h5-12,20H,1-4H3. The fraction of sp³-hybridized carbons (Fsp3) is 0.333. The number of phenolic OH excluding ortho intramolecular Hbond substituents is 1. The lowest BCUT2D eigenvalue weighted by atomic mass is 9.78. The van der Waals surface area contributed by atoms with E-state index in [0.717, 1.165) is 16.6 Å². The highest BCUT2D eigenvalue weighted by molar-refractivity contribution is 6.62. The molecule has 3 rings (SSSR count). The Morgan fingerprint density at radius 3 is 1.95 bits per heavy atom. The monoisotopic (exact) mass is 296 g/mol. The number of benzene rings is 2. The SMILES string of the molecule is CC1(C)OB(c2ccc(-c3cccc(O)c3)cc2)OC1(C)C. The average molecular weight is 296 g/mol. The van der Waals surface area contributed by atoms with Gasteiger partial charge in [0.15, 0.2) is 0 Å².